The Morgan fingerprint density at radius 1 is 1.06 bits per heavy atom. The van der Waals surface area contributed by atoms with Crippen LogP contribution >= 0.6 is 0 Å². The molecule has 0 aromatic rings. The van der Waals surface area contributed by atoms with Gasteiger partial charge < -0.3 is 13.3 Å². The van der Waals surface area contributed by atoms with Crippen molar-refractivity contribution in [3.63, 3.8) is 0 Å². The van der Waals surface area contributed by atoms with Crippen LogP contribution in [0.2, 0.25) is 6.04 Å². The number of rotatable bonds is 9. The SMILES string of the molecule is CCO[Si](CCC1C#CCCC1)(OCC)OCC. The fraction of sp³-hybridized carbons (Fsp3) is 0.857. The molecule has 0 saturated carbocycles. The second-order valence-electron chi connectivity index (χ2n) is 4.43. The fourth-order valence-electron chi connectivity index (χ4n) is 2.29. The maximum absolute atomic E-state index is 5.85. The lowest BCUT2D eigenvalue weighted by Crippen LogP contribution is -2.46. The summed E-state index contributed by atoms with van der Waals surface area (Å²) in [5, 5.41) is 0. The third kappa shape index (κ3) is 5.11. The number of hydrogen-bond acceptors (Lipinski definition) is 3. The van der Waals surface area contributed by atoms with E-state index in [0.29, 0.717) is 25.7 Å². The highest BCUT2D eigenvalue weighted by molar-refractivity contribution is 6.60. The average molecular weight is 270 g/mol. The van der Waals surface area contributed by atoms with E-state index >= 15 is 0 Å². The van der Waals surface area contributed by atoms with Crippen molar-refractivity contribution in [2.75, 3.05) is 19.8 Å². The van der Waals surface area contributed by atoms with Gasteiger partial charge in [-0.2, -0.15) is 0 Å². The molecule has 4 heteroatoms. The third-order valence-corrected chi connectivity index (χ3v) is 6.14. The predicted molar refractivity (Wildman–Crippen MR) is 75.2 cm³/mol. The smallest absolute Gasteiger partial charge is 0.374 e. The molecule has 0 aliphatic heterocycles. The fourth-order valence-corrected chi connectivity index (χ4v) is 5.00. The first-order valence-corrected chi connectivity index (χ1v) is 9.09. The van der Waals surface area contributed by atoms with E-state index in [2.05, 4.69) is 11.8 Å². The van der Waals surface area contributed by atoms with Crippen molar-refractivity contribution in [2.45, 2.75) is 52.5 Å². The molecule has 3 nitrogen and oxygen atoms in total. The largest absolute Gasteiger partial charge is 0.500 e. The molecule has 0 heterocycles. The second kappa shape index (κ2) is 8.71. The molecule has 0 bridgehead atoms. The highest BCUT2D eigenvalue weighted by Crippen LogP contribution is 2.25. The first-order valence-electron chi connectivity index (χ1n) is 7.16. The Bertz CT molecular complexity index is 265. The highest BCUT2D eigenvalue weighted by Gasteiger charge is 2.40. The van der Waals surface area contributed by atoms with Crippen LogP contribution in [0.3, 0.4) is 0 Å². The molecule has 0 aromatic heterocycles. The Hall–Kier alpha value is -0.343. The van der Waals surface area contributed by atoms with Gasteiger partial charge in [0.05, 0.1) is 0 Å². The molecule has 1 unspecified atom stereocenters. The van der Waals surface area contributed by atoms with Gasteiger partial charge in [-0.1, -0.05) is 5.92 Å². The Morgan fingerprint density at radius 3 is 2.11 bits per heavy atom. The monoisotopic (exact) mass is 270 g/mol. The molecule has 1 rings (SSSR count). The van der Waals surface area contributed by atoms with Crippen LogP contribution in [0.1, 0.15) is 46.5 Å². The van der Waals surface area contributed by atoms with E-state index in [1.165, 1.54) is 12.8 Å². The molecule has 1 aliphatic carbocycles. The van der Waals surface area contributed by atoms with Gasteiger partial charge in [-0.25, -0.2) is 0 Å². The van der Waals surface area contributed by atoms with Crippen molar-refractivity contribution >= 4 is 8.80 Å². The van der Waals surface area contributed by atoms with E-state index in [4.69, 9.17) is 13.3 Å². The van der Waals surface area contributed by atoms with Gasteiger partial charge in [0.25, 0.3) is 0 Å². The van der Waals surface area contributed by atoms with Gasteiger partial charge in [-0.15, -0.1) is 5.92 Å². The zero-order valence-corrected chi connectivity index (χ0v) is 13.0. The molecule has 0 saturated heterocycles. The molecule has 0 radical (unpaired) electrons. The second-order valence-corrected chi connectivity index (χ2v) is 7.16. The molecular weight excluding hydrogens is 244 g/mol. The summed E-state index contributed by atoms with van der Waals surface area (Å²) in [5.41, 5.74) is 0. The van der Waals surface area contributed by atoms with Crippen LogP contribution in [-0.2, 0) is 13.3 Å². The van der Waals surface area contributed by atoms with Gasteiger partial charge >= 0.3 is 8.80 Å². The molecule has 0 aromatic carbocycles. The Labute approximate surface area is 113 Å². The van der Waals surface area contributed by atoms with Gasteiger partial charge in [-0.05, 0) is 40.0 Å². The van der Waals surface area contributed by atoms with Crippen LogP contribution in [0, 0.1) is 17.8 Å². The van der Waals surface area contributed by atoms with Gasteiger partial charge in [0.2, 0.25) is 0 Å². The van der Waals surface area contributed by atoms with Crippen molar-refractivity contribution in [3.8, 4) is 11.8 Å². The molecular formula is C14H26O3Si. The van der Waals surface area contributed by atoms with Crippen molar-refractivity contribution in [3.05, 3.63) is 0 Å². The van der Waals surface area contributed by atoms with Crippen LogP contribution in [-0.4, -0.2) is 28.6 Å². The summed E-state index contributed by atoms with van der Waals surface area (Å²) in [6.45, 7) is 7.97. The molecule has 0 amide bonds. The predicted octanol–water partition coefficient (Wildman–Crippen LogP) is 3.23. The molecule has 1 aliphatic rings. The summed E-state index contributed by atoms with van der Waals surface area (Å²) >= 11 is 0. The summed E-state index contributed by atoms with van der Waals surface area (Å²) in [6.07, 6.45) is 4.53. The Morgan fingerprint density at radius 2 is 1.67 bits per heavy atom. The third-order valence-electron chi connectivity index (χ3n) is 3.05. The van der Waals surface area contributed by atoms with E-state index in [-0.39, 0.29) is 0 Å². The quantitative estimate of drug-likeness (QED) is 0.475. The lowest BCUT2D eigenvalue weighted by molar-refractivity contribution is 0.0700. The molecule has 104 valence electrons. The molecule has 0 N–H and O–H groups in total. The summed E-state index contributed by atoms with van der Waals surface area (Å²) in [7, 11) is -2.45. The van der Waals surface area contributed by atoms with Gasteiger partial charge in [0, 0.05) is 38.2 Å². The van der Waals surface area contributed by atoms with Crippen molar-refractivity contribution < 1.29 is 13.3 Å². The standard InChI is InChI=1S/C14H26O3Si/c1-4-15-18(16-5-2,17-6-3)13-12-14-10-8-7-9-11-14/h14H,4-8,10,12-13H2,1-3H3. The van der Waals surface area contributed by atoms with Crippen LogP contribution in [0.25, 0.3) is 0 Å². The van der Waals surface area contributed by atoms with E-state index < -0.39 is 8.80 Å². The van der Waals surface area contributed by atoms with E-state index in [1.54, 1.807) is 0 Å². The maximum atomic E-state index is 5.85. The molecule has 18 heavy (non-hydrogen) atoms. The van der Waals surface area contributed by atoms with Crippen LogP contribution in [0.5, 0.6) is 0 Å². The molecule has 0 fully saturated rings. The minimum absolute atomic E-state index is 0.506. The molecule has 1 atom stereocenters. The first-order chi connectivity index (χ1) is 8.76. The van der Waals surface area contributed by atoms with E-state index in [9.17, 15) is 0 Å². The summed E-state index contributed by atoms with van der Waals surface area (Å²) in [6, 6.07) is 0.891. The van der Waals surface area contributed by atoms with Gasteiger partial charge in [-0.3, -0.25) is 0 Å². The summed E-state index contributed by atoms with van der Waals surface area (Å²) in [4.78, 5) is 0. The van der Waals surface area contributed by atoms with Crippen LogP contribution < -0.4 is 0 Å². The lowest BCUT2D eigenvalue weighted by atomic mass is 9.96. The summed E-state index contributed by atoms with van der Waals surface area (Å²) in [5.74, 6) is 7.04. The topological polar surface area (TPSA) is 27.7 Å². The average Bonchev–Trinajstić information content (AvgIpc) is 2.39. The first kappa shape index (κ1) is 15.7. The van der Waals surface area contributed by atoms with Crippen LogP contribution in [0.15, 0.2) is 0 Å². The Balaban J connectivity index is 2.53. The highest BCUT2D eigenvalue weighted by atomic mass is 28.4. The van der Waals surface area contributed by atoms with Crippen LogP contribution in [0.4, 0.5) is 0 Å². The number of hydrogen-bond donors (Lipinski definition) is 0. The lowest BCUT2D eigenvalue weighted by Gasteiger charge is -2.29. The zero-order valence-electron chi connectivity index (χ0n) is 12.0. The minimum atomic E-state index is -2.45. The normalized spacial score (nSPS) is 19.4. The van der Waals surface area contributed by atoms with Crippen molar-refractivity contribution in [1.82, 2.24) is 0 Å². The van der Waals surface area contributed by atoms with Gasteiger partial charge in [0.1, 0.15) is 0 Å². The van der Waals surface area contributed by atoms with E-state index in [1.807, 2.05) is 20.8 Å². The van der Waals surface area contributed by atoms with Gasteiger partial charge in [0.15, 0.2) is 0 Å². The zero-order chi connectivity index (χ0) is 13.3. The Kier molecular flexibility index (Phi) is 7.60. The summed E-state index contributed by atoms with van der Waals surface area (Å²) < 4.78 is 17.5. The van der Waals surface area contributed by atoms with Crippen molar-refractivity contribution in [2.24, 2.45) is 5.92 Å². The maximum Gasteiger partial charge on any atom is 0.500 e. The molecule has 0 spiro atoms. The minimum Gasteiger partial charge on any atom is -0.374 e. The van der Waals surface area contributed by atoms with Crippen molar-refractivity contribution in [1.29, 1.82) is 0 Å². The van der Waals surface area contributed by atoms with E-state index in [0.717, 1.165) is 18.9 Å².